The van der Waals surface area contributed by atoms with Crippen LogP contribution in [0.15, 0.2) is 59.6 Å². The van der Waals surface area contributed by atoms with Gasteiger partial charge < -0.3 is 5.32 Å². The lowest BCUT2D eigenvalue weighted by molar-refractivity contribution is -0.115. The largest absolute Gasteiger partial charge is 0.326 e. The van der Waals surface area contributed by atoms with Gasteiger partial charge in [0.2, 0.25) is 5.91 Å². The van der Waals surface area contributed by atoms with Gasteiger partial charge in [-0.3, -0.25) is 14.5 Å². The fraction of sp³-hybridized carbons (Fsp3) is 0.0588. The van der Waals surface area contributed by atoms with Crippen LogP contribution in [0.4, 0.5) is 11.4 Å². The summed E-state index contributed by atoms with van der Waals surface area (Å²) < 4.78 is 28.1. The number of nitrogens with zero attached hydrogens (tertiary/aromatic N) is 1. The molecular formula is C17H13N3O3S. The molecule has 120 valence electrons. The van der Waals surface area contributed by atoms with Gasteiger partial charge in [0.1, 0.15) is 4.90 Å². The van der Waals surface area contributed by atoms with Crippen molar-refractivity contribution >= 4 is 38.2 Å². The summed E-state index contributed by atoms with van der Waals surface area (Å²) in [5.41, 5.74) is 2.33. The molecule has 0 saturated carbocycles. The van der Waals surface area contributed by atoms with Crippen molar-refractivity contribution in [2.24, 2.45) is 0 Å². The fourth-order valence-corrected chi connectivity index (χ4v) is 4.03. The Morgan fingerprint density at radius 3 is 2.79 bits per heavy atom. The van der Waals surface area contributed by atoms with Crippen molar-refractivity contribution in [1.29, 1.82) is 0 Å². The predicted molar refractivity (Wildman–Crippen MR) is 91.3 cm³/mol. The monoisotopic (exact) mass is 339 g/mol. The molecule has 0 bridgehead atoms. The number of hydrogen-bond donors (Lipinski definition) is 2. The minimum absolute atomic E-state index is 0.0942. The highest BCUT2D eigenvalue weighted by atomic mass is 32.2. The van der Waals surface area contributed by atoms with Gasteiger partial charge in [-0.2, -0.15) is 0 Å². The van der Waals surface area contributed by atoms with E-state index in [1.807, 2.05) is 12.1 Å². The summed E-state index contributed by atoms with van der Waals surface area (Å²) in [6.45, 7) is 0. The molecule has 0 atom stereocenters. The molecular weight excluding hydrogens is 326 g/mol. The molecule has 7 heteroatoms. The second kappa shape index (κ2) is 5.31. The van der Waals surface area contributed by atoms with Gasteiger partial charge in [0.05, 0.1) is 11.9 Å². The molecule has 1 aromatic heterocycles. The van der Waals surface area contributed by atoms with E-state index in [-0.39, 0.29) is 17.2 Å². The standard InChI is InChI=1S/C17H13N3O3S/c21-16-10-12-9-13(6-7-14(12)19-16)20-24(22,23)15-5-1-3-11-4-2-8-18-17(11)15/h1-9,20H,10H2,(H,19,21). The van der Waals surface area contributed by atoms with Gasteiger partial charge in [0, 0.05) is 23.0 Å². The quantitative estimate of drug-likeness (QED) is 0.767. The highest BCUT2D eigenvalue weighted by molar-refractivity contribution is 7.93. The number of para-hydroxylation sites is 1. The Bertz CT molecular complexity index is 1070. The van der Waals surface area contributed by atoms with Crippen LogP contribution in [-0.4, -0.2) is 19.3 Å². The maximum atomic E-state index is 12.7. The Kier molecular flexibility index (Phi) is 3.24. The van der Waals surface area contributed by atoms with Gasteiger partial charge in [-0.25, -0.2) is 8.42 Å². The predicted octanol–water partition coefficient (Wildman–Crippen LogP) is 2.53. The van der Waals surface area contributed by atoms with Crippen LogP contribution in [0.25, 0.3) is 10.9 Å². The molecule has 4 rings (SSSR count). The van der Waals surface area contributed by atoms with Crippen LogP contribution >= 0.6 is 0 Å². The minimum Gasteiger partial charge on any atom is -0.326 e. The number of sulfonamides is 1. The summed E-state index contributed by atoms with van der Waals surface area (Å²) in [5.74, 6) is -0.0942. The SMILES string of the molecule is O=C1Cc2cc(NS(=O)(=O)c3cccc4cccnc34)ccc2N1. The second-order valence-electron chi connectivity index (χ2n) is 5.53. The van der Waals surface area contributed by atoms with Crippen LogP contribution in [0, 0.1) is 0 Å². The average Bonchev–Trinajstić information content (AvgIpc) is 2.93. The number of aromatic nitrogens is 1. The molecule has 0 unspecified atom stereocenters. The third kappa shape index (κ3) is 2.48. The van der Waals surface area contributed by atoms with Crippen LogP contribution in [0.3, 0.4) is 0 Å². The zero-order chi connectivity index (χ0) is 16.7. The summed E-state index contributed by atoms with van der Waals surface area (Å²) in [7, 11) is -3.79. The maximum absolute atomic E-state index is 12.7. The first-order valence-corrected chi connectivity index (χ1v) is 8.81. The van der Waals surface area contributed by atoms with Crippen molar-refractivity contribution in [3.8, 4) is 0 Å². The van der Waals surface area contributed by atoms with E-state index in [2.05, 4.69) is 15.0 Å². The number of carbonyl (C=O) groups is 1. The summed E-state index contributed by atoms with van der Waals surface area (Å²) in [6.07, 6.45) is 1.81. The zero-order valence-corrected chi connectivity index (χ0v) is 13.3. The lowest BCUT2D eigenvalue weighted by Gasteiger charge is -2.11. The zero-order valence-electron chi connectivity index (χ0n) is 12.5. The molecule has 24 heavy (non-hydrogen) atoms. The number of anilines is 2. The van der Waals surface area contributed by atoms with Gasteiger partial charge in [0.25, 0.3) is 10.0 Å². The summed E-state index contributed by atoms with van der Waals surface area (Å²) in [4.78, 5) is 15.7. The van der Waals surface area contributed by atoms with Crippen molar-refractivity contribution in [3.05, 3.63) is 60.3 Å². The molecule has 0 fully saturated rings. The first kappa shape index (κ1) is 14.6. The van der Waals surface area contributed by atoms with E-state index in [1.54, 1.807) is 36.5 Å². The third-order valence-corrected chi connectivity index (χ3v) is 5.28. The summed E-state index contributed by atoms with van der Waals surface area (Å²) in [5, 5.41) is 3.47. The van der Waals surface area contributed by atoms with Crippen molar-refractivity contribution in [2.45, 2.75) is 11.3 Å². The van der Waals surface area contributed by atoms with E-state index in [4.69, 9.17) is 0 Å². The molecule has 3 aromatic rings. The number of hydrogen-bond acceptors (Lipinski definition) is 4. The third-order valence-electron chi connectivity index (χ3n) is 3.87. The van der Waals surface area contributed by atoms with E-state index in [9.17, 15) is 13.2 Å². The molecule has 1 aliphatic rings. The molecule has 1 amide bonds. The van der Waals surface area contributed by atoms with E-state index in [0.717, 1.165) is 16.6 Å². The molecule has 0 saturated heterocycles. The van der Waals surface area contributed by atoms with Crippen LogP contribution in [0.5, 0.6) is 0 Å². The first-order valence-electron chi connectivity index (χ1n) is 7.32. The molecule has 2 N–H and O–H groups in total. The topological polar surface area (TPSA) is 88.2 Å². The highest BCUT2D eigenvalue weighted by Gasteiger charge is 2.21. The number of amides is 1. The normalized spacial score (nSPS) is 13.6. The number of pyridine rings is 1. The molecule has 6 nitrogen and oxygen atoms in total. The molecule has 0 spiro atoms. The number of nitrogens with one attached hydrogen (secondary N) is 2. The van der Waals surface area contributed by atoms with E-state index < -0.39 is 10.0 Å². The smallest absolute Gasteiger partial charge is 0.264 e. The number of carbonyl (C=O) groups excluding carboxylic acids is 1. The molecule has 0 radical (unpaired) electrons. The van der Waals surface area contributed by atoms with Gasteiger partial charge in [0.15, 0.2) is 0 Å². The Hall–Kier alpha value is -2.93. The Balaban J connectivity index is 1.74. The molecule has 0 aliphatic carbocycles. The van der Waals surface area contributed by atoms with Gasteiger partial charge >= 0.3 is 0 Å². The van der Waals surface area contributed by atoms with Gasteiger partial charge in [-0.1, -0.05) is 18.2 Å². The Morgan fingerprint density at radius 2 is 1.92 bits per heavy atom. The highest BCUT2D eigenvalue weighted by Crippen LogP contribution is 2.28. The van der Waals surface area contributed by atoms with E-state index in [0.29, 0.717) is 11.2 Å². The van der Waals surface area contributed by atoms with Crippen LogP contribution in [-0.2, 0) is 21.2 Å². The van der Waals surface area contributed by atoms with E-state index >= 15 is 0 Å². The molecule has 2 heterocycles. The summed E-state index contributed by atoms with van der Waals surface area (Å²) >= 11 is 0. The van der Waals surface area contributed by atoms with E-state index in [1.165, 1.54) is 6.07 Å². The molecule has 1 aliphatic heterocycles. The van der Waals surface area contributed by atoms with Crippen molar-refractivity contribution in [1.82, 2.24) is 4.98 Å². The fourth-order valence-electron chi connectivity index (χ4n) is 2.80. The minimum atomic E-state index is -3.79. The lowest BCUT2D eigenvalue weighted by atomic mass is 10.1. The Morgan fingerprint density at radius 1 is 1.08 bits per heavy atom. The van der Waals surface area contributed by atoms with Crippen LogP contribution < -0.4 is 10.0 Å². The average molecular weight is 339 g/mol. The number of rotatable bonds is 3. The van der Waals surface area contributed by atoms with Gasteiger partial charge in [-0.15, -0.1) is 0 Å². The Labute approximate surface area is 138 Å². The number of benzene rings is 2. The van der Waals surface area contributed by atoms with Crippen molar-refractivity contribution in [3.63, 3.8) is 0 Å². The number of fused-ring (bicyclic) bond motifs is 2. The van der Waals surface area contributed by atoms with Gasteiger partial charge in [-0.05, 0) is 35.9 Å². The van der Waals surface area contributed by atoms with Crippen molar-refractivity contribution < 1.29 is 13.2 Å². The summed E-state index contributed by atoms with van der Waals surface area (Å²) in [6, 6.07) is 13.6. The van der Waals surface area contributed by atoms with Crippen LogP contribution in [0.1, 0.15) is 5.56 Å². The molecule has 2 aromatic carbocycles. The van der Waals surface area contributed by atoms with Crippen LogP contribution in [0.2, 0.25) is 0 Å². The first-order chi connectivity index (χ1) is 11.5. The second-order valence-corrected chi connectivity index (χ2v) is 7.18. The maximum Gasteiger partial charge on any atom is 0.264 e. The van der Waals surface area contributed by atoms with Crippen molar-refractivity contribution in [2.75, 3.05) is 10.0 Å². The lowest BCUT2D eigenvalue weighted by Crippen LogP contribution is -2.13.